The Balaban J connectivity index is 2.88. The van der Waals surface area contributed by atoms with E-state index in [1.54, 1.807) is 0 Å². The van der Waals surface area contributed by atoms with Crippen LogP contribution < -0.4 is 0 Å². The summed E-state index contributed by atoms with van der Waals surface area (Å²) >= 11 is 0. The van der Waals surface area contributed by atoms with Crippen molar-refractivity contribution in [2.45, 2.75) is 27.2 Å². The molecule has 0 amide bonds. The van der Waals surface area contributed by atoms with Crippen LogP contribution in [0.2, 0.25) is 0 Å². The number of aliphatic imine (C=N–C) groups is 1. The third kappa shape index (κ3) is 2.84. The maximum absolute atomic E-state index is 10.0. The minimum absolute atomic E-state index is 0.0900. The molecule has 0 atom stereocenters. The van der Waals surface area contributed by atoms with E-state index >= 15 is 0 Å². The molecular formula is C9H12N2O2. The molecule has 1 heterocycles. The fourth-order valence-corrected chi connectivity index (χ4v) is 1.00. The number of rotatable bonds is 2. The lowest BCUT2D eigenvalue weighted by Gasteiger charge is -2.15. The van der Waals surface area contributed by atoms with Crippen LogP contribution in [0.3, 0.4) is 0 Å². The van der Waals surface area contributed by atoms with Gasteiger partial charge in [-0.25, -0.2) is 4.79 Å². The molecule has 70 valence electrons. The molecule has 0 saturated carbocycles. The van der Waals surface area contributed by atoms with Crippen LogP contribution in [0.4, 0.5) is 5.69 Å². The molecule has 0 fully saturated rings. The molecule has 0 aliphatic rings. The topological polar surface area (TPSA) is 55.5 Å². The first-order valence-corrected chi connectivity index (χ1v) is 4.04. The molecule has 13 heavy (non-hydrogen) atoms. The van der Waals surface area contributed by atoms with Gasteiger partial charge in [-0.2, -0.15) is 4.99 Å². The lowest BCUT2D eigenvalue weighted by molar-refractivity contribution is 0.321. The standard InChI is InChI=1S/C9H12N2O2/c1-9(2,3)4-8-7(10-6-12)5-11-13-8/h5H,4H2,1-3H3. The number of nitrogens with zero attached hydrogens (tertiary/aromatic N) is 2. The monoisotopic (exact) mass is 180 g/mol. The van der Waals surface area contributed by atoms with E-state index in [2.05, 4.69) is 30.9 Å². The van der Waals surface area contributed by atoms with Crippen LogP contribution in [-0.2, 0) is 11.2 Å². The first-order chi connectivity index (χ1) is 6.03. The summed E-state index contributed by atoms with van der Waals surface area (Å²) in [5.41, 5.74) is 0.567. The van der Waals surface area contributed by atoms with Crippen molar-refractivity contribution < 1.29 is 9.32 Å². The van der Waals surface area contributed by atoms with Gasteiger partial charge in [-0.3, -0.25) is 0 Å². The van der Waals surface area contributed by atoms with Crippen molar-refractivity contribution in [2.75, 3.05) is 0 Å². The molecule has 0 radical (unpaired) electrons. The quantitative estimate of drug-likeness (QED) is 0.518. The van der Waals surface area contributed by atoms with E-state index in [-0.39, 0.29) is 5.41 Å². The molecule has 0 unspecified atom stereocenters. The van der Waals surface area contributed by atoms with E-state index in [1.807, 2.05) is 0 Å². The second-order valence-electron chi connectivity index (χ2n) is 4.07. The van der Waals surface area contributed by atoms with Gasteiger partial charge in [0.05, 0.1) is 6.20 Å². The number of aromatic nitrogens is 1. The van der Waals surface area contributed by atoms with Gasteiger partial charge in [-0.15, -0.1) is 0 Å². The molecule has 0 aliphatic carbocycles. The lowest BCUT2D eigenvalue weighted by Crippen LogP contribution is -2.08. The smallest absolute Gasteiger partial charge is 0.240 e. The van der Waals surface area contributed by atoms with E-state index in [9.17, 15) is 4.79 Å². The van der Waals surface area contributed by atoms with Crippen molar-refractivity contribution in [3.8, 4) is 0 Å². The summed E-state index contributed by atoms with van der Waals surface area (Å²) in [4.78, 5) is 13.5. The first-order valence-electron chi connectivity index (χ1n) is 4.04. The molecule has 0 bridgehead atoms. The molecule has 1 aromatic heterocycles. The molecular weight excluding hydrogens is 168 g/mol. The SMILES string of the molecule is CC(C)(C)Cc1oncc1N=C=O. The van der Waals surface area contributed by atoms with Crippen LogP contribution in [0.25, 0.3) is 0 Å². The third-order valence-corrected chi connectivity index (χ3v) is 1.48. The van der Waals surface area contributed by atoms with Gasteiger partial charge in [0, 0.05) is 6.42 Å². The Morgan fingerprint density at radius 2 is 2.31 bits per heavy atom. The number of carbonyl (C=O) groups excluding carboxylic acids is 1. The van der Waals surface area contributed by atoms with Crippen LogP contribution >= 0.6 is 0 Å². The summed E-state index contributed by atoms with van der Waals surface area (Å²) in [5, 5.41) is 3.58. The Kier molecular flexibility index (Phi) is 2.63. The molecule has 0 N–H and O–H groups in total. The highest BCUT2D eigenvalue weighted by Gasteiger charge is 2.17. The second kappa shape index (κ2) is 3.54. The van der Waals surface area contributed by atoms with Gasteiger partial charge in [0.25, 0.3) is 0 Å². The molecule has 1 aromatic rings. The van der Waals surface area contributed by atoms with Gasteiger partial charge in [0.15, 0.2) is 5.76 Å². The normalized spacial score (nSPS) is 11.0. The predicted octanol–water partition coefficient (Wildman–Crippen LogP) is 2.23. The van der Waals surface area contributed by atoms with Crippen molar-refractivity contribution in [1.29, 1.82) is 0 Å². The molecule has 0 saturated heterocycles. The Bertz CT molecular complexity index is 330. The highest BCUT2D eigenvalue weighted by atomic mass is 16.5. The molecule has 0 aromatic carbocycles. The molecule has 4 nitrogen and oxygen atoms in total. The Hall–Kier alpha value is -1.41. The van der Waals surface area contributed by atoms with Crippen LogP contribution in [0.15, 0.2) is 15.7 Å². The predicted molar refractivity (Wildman–Crippen MR) is 47.4 cm³/mol. The summed E-state index contributed by atoms with van der Waals surface area (Å²) in [6.45, 7) is 6.22. The largest absolute Gasteiger partial charge is 0.359 e. The van der Waals surface area contributed by atoms with Crippen molar-refractivity contribution in [1.82, 2.24) is 5.16 Å². The molecule has 0 spiro atoms. The lowest BCUT2D eigenvalue weighted by atomic mass is 9.91. The van der Waals surface area contributed by atoms with Gasteiger partial charge in [-0.1, -0.05) is 25.9 Å². The zero-order valence-corrected chi connectivity index (χ0v) is 8.00. The van der Waals surface area contributed by atoms with Crippen molar-refractivity contribution in [2.24, 2.45) is 10.4 Å². The minimum atomic E-state index is 0.0900. The van der Waals surface area contributed by atoms with Gasteiger partial charge < -0.3 is 4.52 Å². The van der Waals surface area contributed by atoms with Gasteiger partial charge >= 0.3 is 0 Å². The fraction of sp³-hybridized carbons (Fsp3) is 0.556. The summed E-state index contributed by atoms with van der Waals surface area (Å²) in [5.74, 6) is 0.635. The molecule has 4 heteroatoms. The third-order valence-electron chi connectivity index (χ3n) is 1.48. The second-order valence-corrected chi connectivity index (χ2v) is 4.07. The zero-order chi connectivity index (χ0) is 9.90. The number of isocyanates is 1. The average molecular weight is 180 g/mol. The Morgan fingerprint density at radius 1 is 1.62 bits per heavy atom. The van der Waals surface area contributed by atoms with Gasteiger partial charge in [0.2, 0.25) is 6.08 Å². The maximum Gasteiger partial charge on any atom is 0.240 e. The van der Waals surface area contributed by atoms with E-state index in [1.165, 1.54) is 12.3 Å². The van der Waals surface area contributed by atoms with Crippen LogP contribution in [-0.4, -0.2) is 11.2 Å². The van der Waals surface area contributed by atoms with E-state index in [0.717, 1.165) is 0 Å². The summed E-state index contributed by atoms with van der Waals surface area (Å²) in [7, 11) is 0. The Labute approximate surface area is 76.6 Å². The number of hydrogen-bond acceptors (Lipinski definition) is 4. The zero-order valence-electron chi connectivity index (χ0n) is 8.00. The van der Waals surface area contributed by atoms with Crippen LogP contribution in [0, 0.1) is 5.41 Å². The minimum Gasteiger partial charge on any atom is -0.359 e. The van der Waals surface area contributed by atoms with Crippen molar-refractivity contribution >= 4 is 11.8 Å². The maximum atomic E-state index is 10.0. The van der Waals surface area contributed by atoms with Crippen molar-refractivity contribution in [3.63, 3.8) is 0 Å². The average Bonchev–Trinajstić information content (AvgIpc) is 2.34. The van der Waals surface area contributed by atoms with E-state index in [0.29, 0.717) is 17.9 Å². The van der Waals surface area contributed by atoms with E-state index in [4.69, 9.17) is 4.52 Å². The Morgan fingerprint density at radius 3 is 2.85 bits per heavy atom. The highest BCUT2D eigenvalue weighted by molar-refractivity contribution is 5.49. The number of hydrogen-bond donors (Lipinski definition) is 0. The highest BCUT2D eigenvalue weighted by Crippen LogP contribution is 2.26. The van der Waals surface area contributed by atoms with Gasteiger partial charge in [0.1, 0.15) is 5.69 Å². The van der Waals surface area contributed by atoms with Crippen LogP contribution in [0.1, 0.15) is 26.5 Å². The summed E-state index contributed by atoms with van der Waals surface area (Å²) < 4.78 is 4.97. The van der Waals surface area contributed by atoms with Crippen molar-refractivity contribution in [3.05, 3.63) is 12.0 Å². The van der Waals surface area contributed by atoms with Crippen LogP contribution in [0.5, 0.6) is 0 Å². The summed E-state index contributed by atoms with van der Waals surface area (Å²) in [6.07, 6.45) is 3.60. The molecule has 0 aliphatic heterocycles. The fourth-order valence-electron chi connectivity index (χ4n) is 1.00. The molecule has 1 rings (SSSR count). The van der Waals surface area contributed by atoms with E-state index < -0.39 is 0 Å². The first kappa shape index (κ1) is 9.68. The van der Waals surface area contributed by atoms with Gasteiger partial charge in [-0.05, 0) is 5.41 Å². The summed E-state index contributed by atoms with van der Waals surface area (Å²) in [6, 6.07) is 0.